The lowest BCUT2D eigenvalue weighted by atomic mass is 10.2. The molecule has 0 radical (unpaired) electrons. The lowest BCUT2D eigenvalue weighted by Gasteiger charge is -2.02. The predicted octanol–water partition coefficient (Wildman–Crippen LogP) is 0.631. The summed E-state index contributed by atoms with van der Waals surface area (Å²) >= 11 is 0. The van der Waals surface area contributed by atoms with Crippen LogP contribution in [0.25, 0.3) is 0 Å². The number of rotatable bonds is 7. The molecule has 0 aliphatic heterocycles. The van der Waals surface area contributed by atoms with Gasteiger partial charge < -0.3 is 14.9 Å². The van der Waals surface area contributed by atoms with Crippen molar-refractivity contribution in [2.45, 2.75) is 26.2 Å². The van der Waals surface area contributed by atoms with E-state index < -0.39 is 0 Å². The summed E-state index contributed by atoms with van der Waals surface area (Å²) in [4.78, 5) is 11.1. The molecule has 0 saturated heterocycles. The first-order valence-electron chi connectivity index (χ1n) is 4.78. The molecule has 0 aliphatic carbocycles. The highest BCUT2D eigenvalue weighted by atomic mass is 16.5. The van der Waals surface area contributed by atoms with Gasteiger partial charge in [0.1, 0.15) is 6.61 Å². The highest BCUT2D eigenvalue weighted by Crippen LogP contribution is 2.02. The summed E-state index contributed by atoms with van der Waals surface area (Å²) in [7, 11) is 0. The largest absolute Gasteiger partial charge is 0.460 e. The number of ether oxygens (including phenoxy) is 1. The van der Waals surface area contributed by atoms with Gasteiger partial charge in [-0.05, 0) is 26.2 Å². The second-order valence-corrected chi connectivity index (χ2v) is 2.97. The topological polar surface area (TPSA) is 66.8 Å². The Morgan fingerprint density at radius 1 is 1.29 bits per heavy atom. The Bertz CT molecular complexity index is 187. The summed E-state index contributed by atoms with van der Waals surface area (Å²) in [6, 6.07) is 0. The summed E-state index contributed by atoms with van der Waals surface area (Å²) in [5, 5.41) is 16.9. The van der Waals surface area contributed by atoms with E-state index in [9.17, 15) is 4.79 Å². The highest BCUT2D eigenvalue weighted by Gasteiger charge is 2.03. The van der Waals surface area contributed by atoms with Crippen LogP contribution < -0.4 is 0 Å². The minimum atomic E-state index is -0.386. The molecule has 0 bridgehead atoms. The van der Waals surface area contributed by atoms with Crippen molar-refractivity contribution in [3.8, 4) is 0 Å². The zero-order valence-electron chi connectivity index (χ0n) is 8.53. The Kier molecular flexibility index (Phi) is 8.17. The first kappa shape index (κ1) is 13.1. The first-order chi connectivity index (χ1) is 6.72. The maximum Gasteiger partial charge on any atom is 0.333 e. The zero-order chi connectivity index (χ0) is 10.8. The molecule has 14 heavy (non-hydrogen) atoms. The van der Waals surface area contributed by atoms with Crippen molar-refractivity contribution in [1.29, 1.82) is 0 Å². The van der Waals surface area contributed by atoms with E-state index in [1.807, 2.05) is 0 Å². The molecule has 4 nitrogen and oxygen atoms in total. The van der Waals surface area contributed by atoms with Crippen molar-refractivity contribution in [1.82, 2.24) is 0 Å². The molecule has 0 aliphatic rings. The van der Waals surface area contributed by atoms with Gasteiger partial charge in [-0.3, -0.25) is 0 Å². The SMILES string of the molecule is CC(=CCCCCO)C(=O)OCCO. The molecule has 0 saturated carbocycles. The monoisotopic (exact) mass is 202 g/mol. The molecule has 0 amide bonds. The van der Waals surface area contributed by atoms with Gasteiger partial charge in [-0.1, -0.05) is 6.08 Å². The van der Waals surface area contributed by atoms with Crippen LogP contribution in [-0.2, 0) is 9.53 Å². The number of allylic oxidation sites excluding steroid dienone is 1. The molecule has 82 valence electrons. The Hall–Kier alpha value is -0.870. The second kappa shape index (κ2) is 8.72. The Morgan fingerprint density at radius 3 is 2.57 bits per heavy atom. The Balaban J connectivity index is 3.68. The van der Waals surface area contributed by atoms with Gasteiger partial charge in [0, 0.05) is 12.2 Å². The van der Waals surface area contributed by atoms with Gasteiger partial charge in [0.25, 0.3) is 0 Å². The van der Waals surface area contributed by atoms with Crippen LogP contribution in [0.2, 0.25) is 0 Å². The van der Waals surface area contributed by atoms with Crippen molar-refractivity contribution in [3.63, 3.8) is 0 Å². The van der Waals surface area contributed by atoms with Gasteiger partial charge in [-0.15, -0.1) is 0 Å². The molecule has 0 heterocycles. The normalized spacial score (nSPS) is 11.5. The number of esters is 1. The van der Waals surface area contributed by atoms with Crippen molar-refractivity contribution in [3.05, 3.63) is 11.6 Å². The Labute approximate surface area is 84.2 Å². The fraction of sp³-hybridized carbons (Fsp3) is 0.700. The molecule has 0 rings (SSSR count). The summed E-state index contributed by atoms with van der Waals surface area (Å²) < 4.78 is 4.70. The van der Waals surface area contributed by atoms with Crippen LogP contribution in [0.5, 0.6) is 0 Å². The van der Waals surface area contributed by atoms with Crippen LogP contribution in [0, 0.1) is 0 Å². The zero-order valence-corrected chi connectivity index (χ0v) is 8.53. The highest BCUT2D eigenvalue weighted by molar-refractivity contribution is 5.87. The quantitative estimate of drug-likeness (QED) is 0.361. The van der Waals surface area contributed by atoms with E-state index in [1.165, 1.54) is 0 Å². The molecule has 0 unspecified atom stereocenters. The summed E-state index contributed by atoms with van der Waals surface area (Å²) in [6.45, 7) is 1.75. The van der Waals surface area contributed by atoms with E-state index in [-0.39, 0.29) is 25.8 Å². The van der Waals surface area contributed by atoms with Crippen LogP contribution in [-0.4, -0.2) is 36.0 Å². The molecule has 0 fully saturated rings. The third-order valence-electron chi connectivity index (χ3n) is 1.71. The third kappa shape index (κ3) is 6.62. The molecule has 0 aromatic heterocycles. The number of unbranched alkanes of at least 4 members (excludes halogenated alkanes) is 2. The van der Waals surface area contributed by atoms with Crippen molar-refractivity contribution in [2.24, 2.45) is 0 Å². The molecule has 0 spiro atoms. The first-order valence-corrected chi connectivity index (χ1v) is 4.78. The maximum atomic E-state index is 11.1. The van der Waals surface area contributed by atoms with E-state index in [0.29, 0.717) is 5.57 Å². The minimum Gasteiger partial charge on any atom is -0.460 e. The number of aliphatic hydroxyl groups excluding tert-OH is 2. The van der Waals surface area contributed by atoms with Crippen LogP contribution >= 0.6 is 0 Å². The van der Waals surface area contributed by atoms with Gasteiger partial charge in [0.15, 0.2) is 0 Å². The van der Waals surface area contributed by atoms with E-state index in [4.69, 9.17) is 14.9 Å². The van der Waals surface area contributed by atoms with Crippen LogP contribution in [0.15, 0.2) is 11.6 Å². The van der Waals surface area contributed by atoms with Gasteiger partial charge in [0.05, 0.1) is 6.61 Å². The molecule has 0 aromatic carbocycles. The molecular weight excluding hydrogens is 184 g/mol. The van der Waals surface area contributed by atoms with Gasteiger partial charge in [0.2, 0.25) is 0 Å². The number of aliphatic hydroxyl groups is 2. The lowest BCUT2D eigenvalue weighted by Crippen LogP contribution is -2.09. The minimum absolute atomic E-state index is 0.0423. The maximum absolute atomic E-state index is 11.1. The van der Waals surface area contributed by atoms with Crippen LogP contribution in [0.1, 0.15) is 26.2 Å². The molecular formula is C10H18O4. The fourth-order valence-corrected chi connectivity index (χ4v) is 0.910. The average molecular weight is 202 g/mol. The van der Waals surface area contributed by atoms with Gasteiger partial charge in [-0.25, -0.2) is 4.79 Å². The number of hydrogen-bond acceptors (Lipinski definition) is 4. The van der Waals surface area contributed by atoms with E-state index in [0.717, 1.165) is 19.3 Å². The lowest BCUT2D eigenvalue weighted by molar-refractivity contribution is -0.139. The summed E-state index contributed by atoms with van der Waals surface area (Å²) in [5.41, 5.74) is 0.552. The third-order valence-corrected chi connectivity index (χ3v) is 1.71. The summed E-state index contributed by atoms with van der Waals surface area (Å²) in [6.07, 6.45) is 4.16. The number of carbonyl (C=O) groups excluding carboxylic acids is 1. The van der Waals surface area contributed by atoms with Gasteiger partial charge in [-0.2, -0.15) is 0 Å². The summed E-state index contributed by atoms with van der Waals surface area (Å²) in [5.74, 6) is -0.386. The van der Waals surface area contributed by atoms with Crippen molar-refractivity contribution >= 4 is 5.97 Å². The van der Waals surface area contributed by atoms with Crippen LogP contribution in [0.4, 0.5) is 0 Å². The van der Waals surface area contributed by atoms with Crippen molar-refractivity contribution < 1.29 is 19.7 Å². The Morgan fingerprint density at radius 2 is 2.00 bits per heavy atom. The van der Waals surface area contributed by atoms with Gasteiger partial charge >= 0.3 is 5.97 Å². The van der Waals surface area contributed by atoms with E-state index >= 15 is 0 Å². The van der Waals surface area contributed by atoms with Crippen LogP contribution in [0.3, 0.4) is 0 Å². The number of hydrogen-bond donors (Lipinski definition) is 2. The predicted molar refractivity (Wildman–Crippen MR) is 52.7 cm³/mol. The molecule has 4 heteroatoms. The molecule has 2 N–H and O–H groups in total. The molecule has 0 atom stereocenters. The molecule has 0 aromatic rings. The van der Waals surface area contributed by atoms with Crippen molar-refractivity contribution in [2.75, 3.05) is 19.8 Å². The standard InChI is InChI=1S/C10H18O4/c1-9(5-3-2-4-6-11)10(13)14-8-7-12/h5,11-12H,2-4,6-8H2,1H3. The second-order valence-electron chi connectivity index (χ2n) is 2.97. The van der Waals surface area contributed by atoms with E-state index in [1.54, 1.807) is 13.0 Å². The van der Waals surface area contributed by atoms with E-state index in [2.05, 4.69) is 0 Å². The number of carbonyl (C=O) groups is 1. The average Bonchev–Trinajstić information content (AvgIpc) is 2.20. The smallest absolute Gasteiger partial charge is 0.333 e. The fourth-order valence-electron chi connectivity index (χ4n) is 0.910.